The maximum absolute atomic E-state index is 12.6. The molecule has 11 heteroatoms. The third-order valence-corrected chi connectivity index (χ3v) is 6.40. The highest BCUT2D eigenvalue weighted by atomic mass is 32.2. The summed E-state index contributed by atoms with van der Waals surface area (Å²) >= 11 is 0. The van der Waals surface area contributed by atoms with E-state index in [9.17, 15) is 17.2 Å². The Bertz CT molecular complexity index is 797. The minimum Gasteiger partial charge on any atom is -0.434 e. The fraction of sp³-hybridized carbons (Fsp3) is 0.632. The number of hydrogen-bond acceptors (Lipinski definition) is 5. The second kappa shape index (κ2) is 11.4. The van der Waals surface area contributed by atoms with E-state index in [0.29, 0.717) is 37.7 Å². The number of halogens is 2. The monoisotopic (exact) mass is 448 g/mol. The van der Waals surface area contributed by atoms with Gasteiger partial charge in [-0.2, -0.15) is 13.1 Å². The molecule has 1 saturated heterocycles. The largest absolute Gasteiger partial charge is 0.434 e. The summed E-state index contributed by atoms with van der Waals surface area (Å²) < 4.78 is 61.4. The molecule has 1 N–H and O–H groups in total. The predicted octanol–water partition coefficient (Wildman–Crippen LogP) is 1.74. The Morgan fingerprint density at radius 3 is 2.47 bits per heavy atom. The van der Waals surface area contributed by atoms with Gasteiger partial charge in [0, 0.05) is 45.3 Å². The standard InChI is InChI=1S/C19H30F2N4O4S/c1-15(2)28-12-13-30(26,27)25-10-8-24(9-11-25)19(22-3)23-14-16-6-4-5-7-17(16)29-18(20)21/h4-7,15,18H,8-14H2,1-3H3,(H,22,23). The Labute approximate surface area is 176 Å². The number of ether oxygens (including phenoxy) is 2. The van der Waals surface area contributed by atoms with Gasteiger partial charge in [0.15, 0.2) is 5.96 Å². The molecule has 1 aromatic carbocycles. The third-order valence-electron chi connectivity index (χ3n) is 4.56. The number of para-hydroxylation sites is 1. The van der Waals surface area contributed by atoms with Crippen LogP contribution in [0.1, 0.15) is 19.4 Å². The molecule has 0 aromatic heterocycles. The van der Waals surface area contributed by atoms with Crippen LogP contribution in [0.2, 0.25) is 0 Å². The normalized spacial score (nSPS) is 16.4. The number of piperazine rings is 1. The molecule has 1 heterocycles. The van der Waals surface area contributed by atoms with Gasteiger partial charge in [0.25, 0.3) is 0 Å². The van der Waals surface area contributed by atoms with Crippen molar-refractivity contribution in [2.45, 2.75) is 33.1 Å². The molecule has 1 aromatic rings. The van der Waals surface area contributed by atoms with E-state index in [4.69, 9.17) is 4.74 Å². The zero-order chi connectivity index (χ0) is 22.1. The van der Waals surface area contributed by atoms with E-state index >= 15 is 0 Å². The van der Waals surface area contributed by atoms with Crippen LogP contribution in [-0.4, -0.2) is 81.9 Å². The molecule has 1 fully saturated rings. The summed E-state index contributed by atoms with van der Waals surface area (Å²) in [5.41, 5.74) is 0.574. The Hall–Kier alpha value is -1.98. The zero-order valence-electron chi connectivity index (χ0n) is 17.6. The van der Waals surface area contributed by atoms with E-state index in [0.717, 1.165) is 0 Å². The summed E-state index contributed by atoms with van der Waals surface area (Å²) in [6, 6.07) is 6.55. The number of guanidine groups is 1. The number of sulfonamides is 1. The van der Waals surface area contributed by atoms with E-state index < -0.39 is 16.6 Å². The second-order valence-electron chi connectivity index (χ2n) is 7.01. The number of nitrogens with zero attached hydrogens (tertiary/aromatic N) is 3. The molecule has 0 unspecified atom stereocenters. The summed E-state index contributed by atoms with van der Waals surface area (Å²) in [5.74, 6) is 0.635. The molecule has 0 bridgehead atoms. The van der Waals surface area contributed by atoms with Gasteiger partial charge in [0.1, 0.15) is 5.75 Å². The zero-order valence-corrected chi connectivity index (χ0v) is 18.4. The van der Waals surface area contributed by atoms with E-state index in [-0.39, 0.29) is 30.8 Å². The Kier molecular flexibility index (Phi) is 9.25. The van der Waals surface area contributed by atoms with Crippen molar-refractivity contribution in [3.8, 4) is 5.75 Å². The molecule has 0 atom stereocenters. The van der Waals surface area contributed by atoms with Crippen LogP contribution in [0.5, 0.6) is 5.75 Å². The maximum atomic E-state index is 12.6. The summed E-state index contributed by atoms with van der Waals surface area (Å²) in [5, 5.41) is 3.13. The van der Waals surface area contributed by atoms with Crippen LogP contribution >= 0.6 is 0 Å². The Morgan fingerprint density at radius 1 is 1.20 bits per heavy atom. The fourth-order valence-electron chi connectivity index (χ4n) is 3.06. The van der Waals surface area contributed by atoms with Gasteiger partial charge >= 0.3 is 6.61 Å². The molecule has 0 spiro atoms. The lowest BCUT2D eigenvalue weighted by Gasteiger charge is -2.35. The number of benzene rings is 1. The van der Waals surface area contributed by atoms with Crippen LogP contribution in [0, 0.1) is 0 Å². The van der Waals surface area contributed by atoms with Crippen LogP contribution in [-0.2, 0) is 21.3 Å². The topological polar surface area (TPSA) is 83.5 Å². The highest BCUT2D eigenvalue weighted by molar-refractivity contribution is 7.89. The molecule has 8 nitrogen and oxygen atoms in total. The molecular formula is C19H30F2N4O4S. The molecule has 0 radical (unpaired) electrons. The minimum absolute atomic E-state index is 0.0114. The van der Waals surface area contributed by atoms with Gasteiger partial charge in [-0.25, -0.2) is 8.42 Å². The molecule has 170 valence electrons. The number of rotatable bonds is 9. The Morgan fingerprint density at radius 2 is 1.87 bits per heavy atom. The first kappa shape index (κ1) is 24.3. The van der Waals surface area contributed by atoms with Gasteiger partial charge in [-0.05, 0) is 19.9 Å². The molecule has 0 amide bonds. The van der Waals surface area contributed by atoms with Crippen molar-refractivity contribution in [3.63, 3.8) is 0 Å². The van der Waals surface area contributed by atoms with Gasteiger partial charge in [-0.15, -0.1) is 0 Å². The molecule has 1 aliphatic rings. The van der Waals surface area contributed by atoms with Crippen molar-refractivity contribution in [3.05, 3.63) is 29.8 Å². The first-order valence-electron chi connectivity index (χ1n) is 9.80. The SMILES string of the molecule is CN=C(NCc1ccccc1OC(F)F)N1CCN(S(=O)(=O)CCOC(C)C)CC1. The van der Waals surface area contributed by atoms with E-state index in [1.165, 1.54) is 10.4 Å². The average Bonchev–Trinajstić information content (AvgIpc) is 2.69. The number of alkyl halides is 2. The fourth-order valence-corrected chi connectivity index (χ4v) is 4.35. The Balaban J connectivity index is 1.89. The second-order valence-corrected chi connectivity index (χ2v) is 9.10. The number of aliphatic imine (C=N–C) groups is 1. The van der Waals surface area contributed by atoms with Gasteiger partial charge < -0.3 is 19.7 Å². The van der Waals surface area contributed by atoms with Crippen molar-refractivity contribution < 1.29 is 26.7 Å². The van der Waals surface area contributed by atoms with E-state index in [2.05, 4.69) is 15.0 Å². The highest BCUT2D eigenvalue weighted by Gasteiger charge is 2.28. The molecular weight excluding hydrogens is 418 g/mol. The minimum atomic E-state index is -3.37. The summed E-state index contributed by atoms with van der Waals surface area (Å²) in [6.45, 7) is 2.88. The van der Waals surface area contributed by atoms with Crippen LogP contribution in [0.3, 0.4) is 0 Å². The van der Waals surface area contributed by atoms with Crippen molar-refractivity contribution in [1.29, 1.82) is 0 Å². The van der Waals surface area contributed by atoms with Crippen LogP contribution < -0.4 is 10.1 Å². The molecule has 2 rings (SSSR count). The van der Waals surface area contributed by atoms with Crippen LogP contribution in [0.15, 0.2) is 29.3 Å². The molecule has 30 heavy (non-hydrogen) atoms. The summed E-state index contributed by atoms with van der Waals surface area (Å²) in [4.78, 5) is 6.17. The average molecular weight is 449 g/mol. The van der Waals surface area contributed by atoms with E-state index in [1.807, 2.05) is 18.7 Å². The molecule has 0 aliphatic carbocycles. The lowest BCUT2D eigenvalue weighted by molar-refractivity contribution is -0.0504. The van der Waals surface area contributed by atoms with E-state index in [1.54, 1.807) is 25.2 Å². The summed E-state index contributed by atoms with van der Waals surface area (Å²) in [7, 11) is -1.75. The first-order valence-corrected chi connectivity index (χ1v) is 11.4. The van der Waals surface area contributed by atoms with Crippen molar-refractivity contribution in [2.24, 2.45) is 4.99 Å². The van der Waals surface area contributed by atoms with Gasteiger partial charge in [0.2, 0.25) is 10.0 Å². The van der Waals surface area contributed by atoms with Crippen molar-refractivity contribution in [1.82, 2.24) is 14.5 Å². The molecule has 1 aliphatic heterocycles. The third kappa shape index (κ3) is 7.37. The number of hydrogen-bond donors (Lipinski definition) is 1. The summed E-state index contributed by atoms with van der Waals surface area (Å²) in [6.07, 6.45) is -0.0114. The lowest BCUT2D eigenvalue weighted by Crippen LogP contribution is -2.54. The maximum Gasteiger partial charge on any atom is 0.387 e. The van der Waals surface area contributed by atoms with Gasteiger partial charge in [-0.3, -0.25) is 4.99 Å². The lowest BCUT2D eigenvalue weighted by atomic mass is 10.2. The predicted molar refractivity (Wildman–Crippen MR) is 111 cm³/mol. The number of nitrogens with one attached hydrogen (secondary N) is 1. The first-order chi connectivity index (χ1) is 14.2. The van der Waals surface area contributed by atoms with Gasteiger partial charge in [-0.1, -0.05) is 18.2 Å². The van der Waals surface area contributed by atoms with Crippen LogP contribution in [0.4, 0.5) is 8.78 Å². The highest BCUT2D eigenvalue weighted by Crippen LogP contribution is 2.20. The smallest absolute Gasteiger partial charge is 0.387 e. The van der Waals surface area contributed by atoms with Crippen molar-refractivity contribution >= 4 is 16.0 Å². The van der Waals surface area contributed by atoms with Crippen LogP contribution in [0.25, 0.3) is 0 Å². The van der Waals surface area contributed by atoms with Gasteiger partial charge in [0.05, 0.1) is 18.5 Å². The van der Waals surface area contributed by atoms with Crippen molar-refractivity contribution in [2.75, 3.05) is 45.6 Å². The quantitative estimate of drug-likeness (QED) is 0.458. The molecule has 0 saturated carbocycles.